The quantitative estimate of drug-likeness (QED) is 0.465. The number of hydrazone groups is 1. The molecule has 0 saturated carbocycles. The van der Waals surface area contributed by atoms with Gasteiger partial charge >= 0.3 is 0 Å². The molecule has 22 heavy (non-hydrogen) atoms. The molecule has 0 fully saturated rings. The van der Waals surface area contributed by atoms with Crippen LogP contribution in [-0.2, 0) is 11.3 Å². The maximum absolute atomic E-state index is 12.0. The minimum atomic E-state index is -1.18. The normalized spacial score (nSPS) is 11.5. The molecule has 2 aromatic rings. The highest BCUT2D eigenvalue weighted by molar-refractivity contribution is 6.53. The summed E-state index contributed by atoms with van der Waals surface area (Å²) in [5.41, 5.74) is 2.63. The third-order valence-corrected chi connectivity index (χ3v) is 4.88. The predicted octanol–water partition coefficient (Wildman–Crippen LogP) is 3.47. The summed E-state index contributed by atoms with van der Waals surface area (Å²) < 4.78 is 2.10. The third-order valence-electron chi connectivity index (χ3n) is 3.39. The van der Waals surface area contributed by atoms with E-state index >= 15 is 0 Å². The molecule has 0 atom stereocenters. The van der Waals surface area contributed by atoms with Crippen molar-refractivity contribution in [2.75, 3.05) is 0 Å². The van der Waals surface area contributed by atoms with Gasteiger partial charge in [0.25, 0.3) is 0 Å². The highest BCUT2D eigenvalue weighted by Gasteiger charge is 2.14. The van der Waals surface area contributed by atoms with E-state index in [1.807, 2.05) is 48.5 Å². The topological polar surface area (TPSA) is 32.7 Å². The van der Waals surface area contributed by atoms with Crippen LogP contribution < -0.4 is 0 Å². The second kappa shape index (κ2) is 7.71. The second-order valence-electron chi connectivity index (χ2n) is 5.55. The van der Waals surface area contributed by atoms with Crippen LogP contribution in [0.25, 0.3) is 0 Å². The largest absolute Gasteiger partial charge is 0.323 e. The van der Waals surface area contributed by atoms with Gasteiger partial charge in [-0.05, 0) is 5.56 Å². The summed E-state index contributed by atoms with van der Waals surface area (Å²) in [7, 11) is -1.18. The van der Waals surface area contributed by atoms with E-state index in [4.69, 9.17) is 5.10 Å². The lowest BCUT2D eigenvalue weighted by Crippen LogP contribution is -2.31. The van der Waals surface area contributed by atoms with Crippen LogP contribution in [-0.4, -0.2) is 25.1 Å². The molecule has 0 aliphatic rings. The fourth-order valence-corrected chi connectivity index (χ4v) is 3.08. The van der Waals surface area contributed by atoms with Crippen LogP contribution in [0.5, 0.6) is 0 Å². The van der Waals surface area contributed by atoms with Gasteiger partial charge in [0.2, 0.25) is 0 Å². The minimum absolute atomic E-state index is 0.00101. The predicted molar refractivity (Wildman–Crippen MR) is 94.5 cm³/mol. The average molecular weight is 310 g/mol. The average Bonchev–Trinajstić information content (AvgIpc) is 2.52. The van der Waals surface area contributed by atoms with E-state index in [-0.39, 0.29) is 5.78 Å². The number of benzene rings is 2. The van der Waals surface area contributed by atoms with Gasteiger partial charge in [-0.3, -0.25) is 4.79 Å². The first kappa shape index (κ1) is 16.2. The first-order valence-electron chi connectivity index (χ1n) is 7.53. The SMILES string of the molecule is CC(=O)C(=NN(Cc1ccccc1)[SiH](C)C)c1ccccc1. The van der Waals surface area contributed by atoms with Crippen LogP contribution in [0.4, 0.5) is 0 Å². The number of nitrogens with zero attached hydrogens (tertiary/aromatic N) is 2. The molecule has 0 aliphatic carbocycles. The number of Topliss-reactive ketones (excluding diaryl/α,β-unsaturated/α-hetero) is 1. The summed E-state index contributed by atoms with van der Waals surface area (Å²) in [6.07, 6.45) is 0. The number of ketones is 1. The monoisotopic (exact) mass is 310 g/mol. The van der Waals surface area contributed by atoms with Gasteiger partial charge in [0.1, 0.15) is 5.71 Å². The van der Waals surface area contributed by atoms with Crippen molar-refractivity contribution in [1.29, 1.82) is 0 Å². The number of hydrogen-bond acceptors (Lipinski definition) is 3. The van der Waals surface area contributed by atoms with Crippen LogP contribution in [0.1, 0.15) is 18.1 Å². The first-order valence-corrected chi connectivity index (χ1v) is 10.4. The van der Waals surface area contributed by atoms with Gasteiger partial charge in [-0.15, -0.1) is 0 Å². The Labute approximate surface area is 134 Å². The molecule has 3 nitrogen and oxygen atoms in total. The van der Waals surface area contributed by atoms with E-state index in [0.29, 0.717) is 5.71 Å². The number of carbonyl (C=O) groups is 1. The zero-order valence-corrected chi connectivity index (χ0v) is 14.5. The van der Waals surface area contributed by atoms with Crippen LogP contribution in [0.2, 0.25) is 13.1 Å². The van der Waals surface area contributed by atoms with Gasteiger partial charge in [0.15, 0.2) is 14.7 Å². The Balaban J connectivity index is 2.32. The minimum Gasteiger partial charge on any atom is -0.323 e. The first-order chi connectivity index (χ1) is 10.6. The molecule has 0 N–H and O–H groups in total. The summed E-state index contributed by atoms with van der Waals surface area (Å²) in [6, 6.07) is 19.9. The number of rotatable bonds is 6. The smallest absolute Gasteiger partial charge is 0.180 e. The van der Waals surface area contributed by atoms with Crippen molar-refractivity contribution in [2.24, 2.45) is 5.10 Å². The lowest BCUT2D eigenvalue weighted by atomic mass is 10.1. The number of carbonyl (C=O) groups excluding carboxylic acids is 1. The van der Waals surface area contributed by atoms with Gasteiger partial charge < -0.3 is 4.67 Å². The van der Waals surface area contributed by atoms with Gasteiger partial charge in [-0.25, -0.2) is 0 Å². The molecule has 0 saturated heterocycles. The molecule has 0 heterocycles. The van der Waals surface area contributed by atoms with Crippen molar-refractivity contribution >= 4 is 20.5 Å². The highest BCUT2D eigenvalue weighted by Crippen LogP contribution is 2.10. The van der Waals surface area contributed by atoms with Crippen molar-refractivity contribution in [3.05, 3.63) is 71.8 Å². The Bertz CT molecular complexity index is 639. The zero-order valence-electron chi connectivity index (χ0n) is 13.4. The maximum Gasteiger partial charge on any atom is 0.180 e. The van der Waals surface area contributed by atoms with Crippen molar-refractivity contribution in [1.82, 2.24) is 4.67 Å². The molecule has 2 aromatic carbocycles. The molecule has 2 rings (SSSR count). The summed E-state index contributed by atoms with van der Waals surface area (Å²) >= 11 is 0. The molecule has 0 amide bonds. The molecule has 0 aliphatic heterocycles. The van der Waals surface area contributed by atoms with Crippen molar-refractivity contribution in [3.8, 4) is 0 Å². The van der Waals surface area contributed by atoms with E-state index < -0.39 is 8.96 Å². The number of hydrogen-bond donors (Lipinski definition) is 0. The molecular formula is C18H22N2OSi. The second-order valence-corrected chi connectivity index (χ2v) is 8.33. The van der Waals surface area contributed by atoms with E-state index in [1.165, 1.54) is 5.56 Å². The van der Waals surface area contributed by atoms with Crippen molar-refractivity contribution in [2.45, 2.75) is 26.6 Å². The van der Waals surface area contributed by atoms with Crippen LogP contribution in [0, 0.1) is 0 Å². The highest BCUT2D eigenvalue weighted by atomic mass is 28.3. The summed E-state index contributed by atoms with van der Waals surface area (Å²) in [6.45, 7) is 6.76. The Hall–Kier alpha value is -2.20. The Kier molecular flexibility index (Phi) is 5.66. The van der Waals surface area contributed by atoms with Gasteiger partial charge in [0, 0.05) is 12.5 Å². The third kappa shape index (κ3) is 4.40. The van der Waals surface area contributed by atoms with E-state index in [0.717, 1.165) is 12.1 Å². The molecule has 0 radical (unpaired) electrons. The molecule has 0 bridgehead atoms. The van der Waals surface area contributed by atoms with Gasteiger partial charge in [0.05, 0.1) is 6.54 Å². The fraction of sp³-hybridized carbons (Fsp3) is 0.222. The summed E-state index contributed by atoms with van der Waals surface area (Å²) in [4.78, 5) is 12.0. The Morgan fingerprint density at radius 3 is 2.05 bits per heavy atom. The van der Waals surface area contributed by atoms with Crippen LogP contribution >= 0.6 is 0 Å². The molecule has 114 valence electrons. The summed E-state index contributed by atoms with van der Waals surface area (Å²) in [5, 5.41) is 4.70. The maximum atomic E-state index is 12.0. The van der Waals surface area contributed by atoms with Gasteiger partial charge in [-0.2, -0.15) is 5.10 Å². The Morgan fingerprint density at radius 2 is 1.55 bits per heavy atom. The standard InChI is InChI=1S/C18H22N2OSi/c1-15(21)18(17-12-8-5-9-13-17)19-20(22(2)3)14-16-10-6-4-7-11-16/h4-13,22H,14H2,1-3H3. The van der Waals surface area contributed by atoms with Gasteiger partial charge in [-0.1, -0.05) is 73.8 Å². The van der Waals surface area contributed by atoms with Crippen molar-refractivity contribution in [3.63, 3.8) is 0 Å². The lowest BCUT2D eigenvalue weighted by Gasteiger charge is -2.24. The lowest BCUT2D eigenvalue weighted by molar-refractivity contribution is -0.111. The molecule has 0 spiro atoms. The van der Waals surface area contributed by atoms with Crippen LogP contribution in [0.3, 0.4) is 0 Å². The van der Waals surface area contributed by atoms with E-state index in [9.17, 15) is 4.79 Å². The van der Waals surface area contributed by atoms with Crippen LogP contribution in [0.15, 0.2) is 65.8 Å². The zero-order chi connectivity index (χ0) is 15.9. The van der Waals surface area contributed by atoms with E-state index in [2.05, 4.69) is 29.9 Å². The van der Waals surface area contributed by atoms with E-state index in [1.54, 1.807) is 6.92 Å². The Morgan fingerprint density at radius 1 is 1.00 bits per heavy atom. The fourth-order valence-electron chi connectivity index (χ4n) is 2.16. The van der Waals surface area contributed by atoms with Crippen molar-refractivity contribution < 1.29 is 4.79 Å². The molecule has 0 unspecified atom stereocenters. The summed E-state index contributed by atoms with van der Waals surface area (Å²) in [5.74, 6) is -0.00101. The molecular weight excluding hydrogens is 288 g/mol. The molecule has 4 heteroatoms. The molecule has 0 aromatic heterocycles.